The molecule has 0 amide bonds. The number of guanidine groups is 1. The summed E-state index contributed by atoms with van der Waals surface area (Å²) in [6, 6.07) is 7.71. The zero-order valence-electron chi connectivity index (χ0n) is 14.3. The molecule has 2 N–H and O–H groups in total. The lowest BCUT2D eigenvalue weighted by Crippen LogP contribution is -2.37. The number of aliphatic imine (C=N–C) groups is 1. The van der Waals surface area contributed by atoms with Gasteiger partial charge in [0.2, 0.25) is 0 Å². The molecule has 0 aliphatic carbocycles. The van der Waals surface area contributed by atoms with Crippen molar-refractivity contribution >= 4 is 47.5 Å². The van der Waals surface area contributed by atoms with Crippen LogP contribution in [0.5, 0.6) is 0 Å². The predicted molar refractivity (Wildman–Crippen MR) is 110 cm³/mol. The normalized spacial score (nSPS) is 10.7. The molecule has 0 heterocycles. The predicted octanol–water partition coefficient (Wildman–Crippen LogP) is 3.75. The van der Waals surface area contributed by atoms with Crippen LogP contribution in [0.25, 0.3) is 0 Å². The SMILES string of the molecule is CCNC(=NCc1ccccc1Cl)NCCCCCC(=O)OC.I. The molecule has 5 nitrogen and oxygen atoms in total. The number of carbonyl (C=O) groups is 1. The maximum Gasteiger partial charge on any atom is 0.305 e. The van der Waals surface area contributed by atoms with Crippen LogP contribution < -0.4 is 10.6 Å². The quantitative estimate of drug-likeness (QED) is 0.191. The van der Waals surface area contributed by atoms with E-state index in [9.17, 15) is 4.79 Å². The van der Waals surface area contributed by atoms with Gasteiger partial charge in [-0.15, -0.1) is 24.0 Å². The summed E-state index contributed by atoms with van der Waals surface area (Å²) in [5, 5.41) is 7.24. The summed E-state index contributed by atoms with van der Waals surface area (Å²) in [5.41, 5.74) is 1.00. The van der Waals surface area contributed by atoms with Crippen LogP contribution in [-0.4, -0.2) is 32.1 Å². The Morgan fingerprint density at radius 3 is 2.62 bits per heavy atom. The van der Waals surface area contributed by atoms with Crippen LogP contribution >= 0.6 is 35.6 Å². The monoisotopic (exact) mass is 467 g/mol. The highest BCUT2D eigenvalue weighted by molar-refractivity contribution is 14.0. The van der Waals surface area contributed by atoms with E-state index in [4.69, 9.17) is 11.6 Å². The number of esters is 1. The number of unbranched alkanes of at least 4 members (excludes halogenated alkanes) is 2. The minimum absolute atomic E-state index is 0. The molecule has 1 aromatic rings. The van der Waals surface area contributed by atoms with Gasteiger partial charge in [0.05, 0.1) is 13.7 Å². The number of hydrogen-bond acceptors (Lipinski definition) is 3. The van der Waals surface area contributed by atoms with Crippen LogP contribution in [0, 0.1) is 0 Å². The second-order valence-electron chi connectivity index (χ2n) is 5.10. The van der Waals surface area contributed by atoms with Crippen molar-refractivity contribution in [3.63, 3.8) is 0 Å². The van der Waals surface area contributed by atoms with Crippen molar-refractivity contribution in [2.75, 3.05) is 20.2 Å². The van der Waals surface area contributed by atoms with E-state index in [1.807, 2.05) is 31.2 Å². The van der Waals surface area contributed by atoms with Crippen molar-refractivity contribution < 1.29 is 9.53 Å². The number of ether oxygens (including phenoxy) is 1. The van der Waals surface area contributed by atoms with Gasteiger partial charge >= 0.3 is 5.97 Å². The average molecular weight is 468 g/mol. The fourth-order valence-corrected chi connectivity index (χ4v) is 2.21. The number of halogens is 2. The van der Waals surface area contributed by atoms with E-state index in [0.29, 0.717) is 13.0 Å². The van der Waals surface area contributed by atoms with Crippen LogP contribution in [-0.2, 0) is 16.1 Å². The molecule has 0 atom stereocenters. The molecule has 1 rings (SSSR count). The van der Waals surface area contributed by atoms with Gasteiger partial charge in [-0.1, -0.05) is 36.2 Å². The number of benzene rings is 1. The van der Waals surface area contributed by atoms with Crippen LogP contribution in [0.15, 0.2) is 29.3 Å². The van der Waals surface area contributed by atoms with Crippen LogP contribution in [0.1, 0.15) is 38.2 Å². The van der Waals surface area contributed by atoms with Crippen molar-refractivity contribution in [3.05, 3.63) is 34.9 Å². The van der Waals surface area contributed by atoms with Gasteiger partial charge < -0.3 is 15.4 Å². The Labute approximate surface area is 166 Å². The lowest BCUT2D eigenvalue weighted by molar-refractivity contribution is -0.140. The first kappa shape index (κ1) is 23.0. The summed E-state index contributed by atoms with van der Waals surface area (Å²) in [5.74, 6) is 0.632. The molecular weight excluding hydrogens is 441 g/mol. The Bertz CT molecular complexity index is 512. The molecule has 0 saturated heterocycles. The maximum absolute atomic E-state index is 11.0. The molecule has 0 spiro atoms. The zero-order chi connectivity index (χ0) is 16.9. The molecule has 0 radical (unpaired) electrons. The molecule has 136 valence electrons. The van der Waals surface area contributed by atoms with Gasteiger partial charge in [0, 0.05) is 24.5 Å². The first-order chi connectivity index (χ1) is 11.2. The summed E-state index contributed by atoms with van der Waals surface area (Å²) >= 11 is 6.14. The number of rotatable bonds is 9. The van der Waals surface area contributed by atoms with E-state index in [1.54, 1.807) is 0 Å². The Balaban J connectivity index is 0.00000529. The lowest BCUT2D eigenvalue weighted by Gasteiger charge is -2.11. The van der Waals surface area contributed by atoms with Crippen LogP contribution in [0.4, 0.5) is 0 Å². The Morgan fingerprint density at radius 2 is 1.96 bits per heavy atom. The number of methoxy groups -OCH3 is 1. The molecule has 24 heavy (non-hydrogen) atoms. The van der Waals surface area contributed by atoms with E-state index in [0.717, 1.165) is 48.9 Å². The topological polar surface area (TPSA) is 62.7 Å². The third-order valence-corrected chi connectivity index (χ3v) is 3.66. The van der Waals surface area contributed by atoms with Gasteiger partial charge in [0.15, 0.2) is 5.96 Å². The minimum Gasteiger partial charge on any atom is -0.469 e. The van der Waals surface area contributed by atoms with Gasteiger partial charge in [-0.05, 0) is 31.4 Å². The highest BCUT2D eigenvalue weighted by Crippen LogP contribution is 2.15. The lowest BCUT2D eigenvalue weighted by atomic mass is 10.2. The fraction of sp³-hybridized carbons (Fsp3) is 0.529. The molecule has 0 bridgehead atoms. The molecular formula is C17H27ClIN3O2. The van der Waals surface area contributed by atoms with E-state index in [1.165, 1.54) is 7.11 Å². The minimum atomic E-state index is -0.146. The van der Waals surface area contributed by atoms with E-state index in [-0.39, 0.29) is 29.9 Å². The molecule has 0 unspecified atom stereocenters. The van der Waals surface area contributed by atoms with Gasteiger partial charge in [-0.2, -0.15) is 0 Å². The first-order valence-corrected chi connectivity index (χ1v) is 8.37. The Hall–Kier alpha value is -1.02. The summed E-state index contributed by atoms with van der Waals surface area (Å²) in [6.07, 6.45) is 3.29. The smallest absolute Gasteiger partial charge is 0.305 e. The number of nitrogens with zero attached hydrogens (tertiary/aromatic N) is 1. The third-order valence-electron chi connectivity index (χ3n) is 3.29. The largest absolute Gasteiger partial charge is 0.469 e. The molecule has 7 heteroatoms. The number of nitrogens with one attached hydrogen (secondary N) is 2. The summed E-state index contributed by atoms with van der Waals surface area (Å²) in [4.78, 5) is 15.5. The van der Waals surface area contributed by atoms with E-state index >= 15 is 0 Å². The van der Waals surface area contributed by atoms with Crippen molar-refractivity contribution in [2.24, 2.45) is 4.99 Å². The molecule has 0 aromatic heterocycles. The first-order valence-electron chi connectivity index (χ1n) is 7.99. The summed E-state index contributed by atoms with van der Waals surface area (Å²) in [7, 11) is 1.42. The molecule has 0 fully saturated rings. The standard InChI is InChI=1S/C17H26ClN3O2.HI/c1-3-19-17(20-12-8-4-5-11-16(22)23-2)21-13-14-9-6-7-10-15(14)18;/h6-7,9-10H,3-5,8,11-13H2,1-2H3,(H2,19,20,21);1H. The van der Waals surface area contributed by atoms with Crippen molar-refractivity contribution in [1.82, 2.24) is 10.6 Å². The summed E-state index contributed by atoms with van der Waals surface area (Å²) < 4.78 is 4.62. The molecule has 0 saturated carbocycles. The van der Waals surface area contributed by atoms with Crippen LogP contribution in [0.3, 0.4) is 0 Å². The third kappa shape index (κ3) is 9.97. The van der Waals surface area contributed by atoms with E-state index < -0.39 is 0 Å². The van der Waals surface area contributed by atoms with Gasteiger partial charge in [-0.3, -0.25) is 4.79 Å². The molecule has 0 aliphatic rings. The highest BCUT2D eigenvalue weighted by Gasteiger charge is 2.01. The second kappa shape index (κ2) is 14.3. The van der Waals surface area contributed by atoms with E-state index in [2.05, 4.69) is 20.4 Å². The second-order valence-corrected chi connectivity index (χ2v) is 5.51. The zero-order valence-corrected chi connectivity index (χ0v) is 17.4. The van der Waals surface area contributed by atoms with Crippen molar-refractivity contribution in [3.8, 4) is 0 Å². The fourth-order valence-electron chi connectivity index (χ4n) is 2.01. The maximum atomic E-state index is 11.0. The van der Waals surface area contributed by atoms with Crippen molar-refractivity contribution in [2.45, 2.75) is 39.2 Å². The van der Waals surface area contributed by atoms with Gasteiger partial charge in [0.25, 0.3) is 0 Å². The molecule has 0 aliphatic heterocycles. The van der Waals surface area contributed by atoms with Gasteiger partial charge in [0.1, 0.15) is 0 Å². The molecule has 1 aromatic carbocycles. The Kier molecular flexibility index (Phi) is 13.7. The van der Waals surface area contributed by atoms with Crippen molar-refractivity contribution in [1.29, 1.82) is 0 Å². The number of carbonyl (C=O) groups excluding carboxylic acids is 1. The average Bonchev–Trinajstić information content (AvgIpc) is 2.56. The van der Waals surface area contributed by atoms with Gasteiger partial charge in [-0.25, -0.2) is 4.99 Å². The highest BCUT2D eigenvalue weighted by atomic mass is 127. The van der Waals surface area contributed by atoms with Crippen LogP contribution in [0.2, 0.25) is 5.02 Å². The number of hydrogen-bond donors (Lipinski definition) is 2. The summed E-state index contributed by atoms with van der Waals surface area (Å²) in [6.45, 7) is 4.19. The Morgan fingerprint density at radius 1 is 1.21 bits per heavy atom.